The molecule has 24 heavy (non-hydrogen) atoms. The Hall–Kier alpha value is -1.42. The van der Waals surface area contributed by atoms with Crippen molar-refractivity contribution in [2.75, 3.05) is 26.4 Å². The molecule has 0 unspecified atom stereocenters. The lowest BCUT2D eigenvalue weighted by molar-refractivity contribution is 0.261. The third kappa shape index (κ3) is 4.56. The Morgan fingerprint density at radius 1 is 1.42 bits per heavy atom. The van der Waals surface area contributed by atoms with Crippen molar-refractivity contribution in [3.05, 3.63) is 28.1 Å². The van der Waals surface area contributed by atoms with Crippen molar-refractivity contribution in [1.29, 1.82) is 0 Å². The molecule has 2 rings (SSSR count). The van der Waals surface area contributed by atoms with Crippen LogP contribution in [0.5, 0.6) is 5.75 Å². The second-order valence-corrected chi connectivity index (χ2v) is 7.28. The summed E-state index contributed by atoms with van der Waals surface area (Å²) in [6.45, 7) is 9.80. The van der Waals surface area contributed by atoms with Gasteiger partial charge in [-0.3, -0.25) is 0 Å². The summed E-state index contributed by atoms with van der Waals surface area (Å²) in [6.07, 6.45) is 4.19. The van der Waals surface area contributed by atoms with Crippen molar-refractivity contribution in [3.63, 3.8) is 0 Å². The number of likely N-dealkylation sites (tertiary alicyclic amines) is 1. The van der Waals surface area contributed by atoms with E-state index in [1.54, 1.807) is 13.3 Å². The normalized spacial score (nSPS) is 17.7. The van der Waals surface area contributed by atoms with Crippen LogP contribution in [0, 0.1) is 12.8 Å². The van der Waals surface area contributed by atoms with E-state index in [1.807, 2.05) is 26.0 Å². The van der Waals surface area contributed by atoms with Crippen LogP contribution in [-0.4, -0.2) is 47.3 Å². The zero-order valence-corrected chi connectivity index (χ0v) is 15.6. The molecule has 0 atom stereocenters. The molecule has 0 amide bonds. The van der Waals surface area contributed by atoms with Gasteiger partial charge in [0.15, 0.2) is 8.38 Å². The first kappa shape index (κ1) is 18.9. The maximum Gasteiger partial charge on any atom is 0.165 e. The van der Waals surface area contributed by atoms with E-state index in [2.05, 4.69) is 16.5 Å². The van der Waals surface area contributed by atoms with Gasteiger partial charge in [-0.25, -0.2) is 4.99 Å². The molecule has 1 aromatic rings. The molecule has 132 valence electrons. The monoisotopic (exact) mass is 350 g/mol. The van der Waals surface area contributed by atoms with Gasteiger partial charge in [-0.2, -0.15) is 0 Å². The highest BCUT2D eigenvalue weighted by atomic mass is 31.2. The van der Waals surface area contributed by atoms with E-state index in [0.29, 0.717) is 12.1 Å². The first-order valence-corrected chi connectivity index (χ1v) is 9.66. The van der Waals surface area contributed by atoms with E-state index in [-0.39, 0.29) is 0 Å². The van der Waals surface area contributed by atoms with Crippen LogP contribution in [-0.2, 0) is 0 Å². The number of hydrogen-bond donors (Lipinski definition) is 2. The molecule has 6 heteroatoms. The van der Waals surface area contributed by atoms with Gasteiger partial charge in [0.05, 0.1) is 7.11 Å². The molecule has 5 nitrogen and oxygen atoms in total. The van der Waals surface area contributed by atoms with Crippen LogP contribution >= 0.6 is 8.38 Å². The fourth-order valence-corrected chi connectivity index (χ4v) is 4.01. The molecule has 1 aliphatic heterocycles. The van der Waals surface area contributed by atoms with E-state index in [4.69, 9.17) is 4.74 Å². The number of rotatable bonds is 5. The van der Waals surface area contributed by atoms with Gasteiger partial charge in [0.1, 0.15) is 11.6 Å². The van der Waals surface area contributed by atoms with Crippen molar-refractivity contribution in [2.24, 2.45) is 10.9 Å². The fourth-order valence-electron chi connectivity index (χ4n) is 3.18. The van der Waals surface area contributed by atoms with Crippen molar-refractivity contribution >= 4 is 27.0 Å². The molecule has 2 N–H and O–H groups in total. The maximum atomic E-state index is 9.22. The average molecular weight is 350 g/mol. The number of nitrogens with zero attached hydrogens (tertiary/aromatic N) is 2. The Morgan fingerprint density at radius 2 is 2.08 bits per heavy atom. The Balaban J connectivity index is 2.36. The molecule has 1 saturated heterocycles. The lowest BCUT2D eigenvalue weighted by atomic mass is 9.99. The highest BCUT2D eigenvalue weighted by Gasteiger charge is 2.23. The molecule has 1 aromatic carbocycles. The quantitative estimate of drug-likeness (QED) is 0.625. The van der Waals surface area contributed by atoms with Crippen molar-refractivity contribution < 1.29 is 14.5 Å². The van der Waals surface area contributed by atoms with Crippen LogP contribution in [0.15, 0.2) is 17.1 Å². The van der Waals surface area contributed by atoms with E-state index in [9.17, 15) is 9.79 Å². The van der Waals surface area contributed by atoms with Crippen LogP contribution < -0.4 is 15.2 Å². The van der Waals surface area contributed by atoms with Gasteiger partial charge in [-0.1, -0.05) is 6.58 Å². The van der Waals surface area contributed by atoms with E-state index < -0.39 is 8.38 Å². The van der Waals surface area contributed by atoms with E-state index in [1.165, 1.54) is 0 Å². The molecule has 0 radical (unpaired) electrons. The Kier molecular flexibility index (Phi) is 6.79. The second-order valence-electron chi connectivity index (χ2n) is 6.18. The minimum atomic E-state index is -1.80. The van der Waals surface area contributed by atoms with Crippen molar-refractivity contribution in [1.82, 2.24) is 4.90 Å². The Labute approximate surface area is 144 Å². The van der Waals surface area contributed by atoms with Crippen LogP contribution in [0.25, 0.3) is 12.4 Å². The topological polar surface area (TPSA) is 65.3 Å². The van der Waals surface area contributed by atoms with Crippen LogP contribution in [0.4, 0.5) is 0 Å². The maximum absolute atomic E-state index is 9.22. The summed E-state index contributed by atoms with van der Waals surface area (Å²) in [7, 11) is -0.129. The summed E-state index contributed by atoms with van der Waals surface area (Å²) >= 11 is 0. The zero-order chi connectivity index (χ0) is 17.7. The average Bonchev–Trinajstić information content (AvgIpc) is 2.54. The van der Waals surface area contributed by atoms with Crippen LogP contribution in [0.2, 0.25) is 0 Å². The molecular weight excluding hydrogens is 323 g/mol. The molecule has 1 aliphatic rings. The SMILES string of the molecule is C=c1cc(C)c(OC)c/c1=C(/N=C\C)N1CCC(CP(O)O)CC1. The van der Waals surface area contributed by atoms with Crippen molar-refractivity contribution in [3.8, 4) is 5.75 Å². The molecular formula is C18H27N2O3P. The number of aliphatic imine (C=N–C) groups is 1. The first-order chi connectivity index (χ1) is 11.5. The van der Waals surface area contributed by atoms with Gasteiger partial charge < -0.3 is 19.4 Å². The molecule has 1 fully saturated rings. The lowest BCUT2D eigenvalue weighted by Gasteiger charge is -2.33. The van der Waals surface area contributed by atoms with Gasteiger partial charge in [0.25, 0.3) is 0 Å². The van der Waals surface area contributed by atoms with Gasteiger partial charge in [0.2, 0.25) is 0 Å². The molecule has 1 heterocycles. The predicted molar refractivity (Wildman–Crippen MR) is 101 cm³/mol. The summed E-state index contributed by atoms with van der Waals surface area (Å²) in [5.41, 5.74) is 1.06. The predicted octanol–water partition coefficient (Wildman–Crippen LogP) is 1.58. The number of benzene rings is 1. The number of ether oxygens (including phenoxy) is 1. The standard InChI is InChI=1S/C18H27N2O3P/c1-5-19-18(16-11-17(23-4)14(3)10-13(16)2)20-8-6-15(7-9-20)12-24(21)22/h5,10-11,15,21-22H,2,6-9,12H2,1,3-4H3/b18-16+,19-5-. The summed E-state index contributed by atoms with van der Waals surface area (Å²) in [4.78, 5) is 25.3. The summed E-state index contributed by atoms with van der Waals surface area (Å²) in [5, 5.41) is 1.92. The van der Waals surface area contributed by atoms with Crippen molar-refractivity contribution in [2.45, 2.75) is 26.7 Å². The van der Waals surface area contributed by atoms with Gasteiger partial charge in [-0.05, 0) is 55.5 Å². The number of methoxy groups -OCH3 is 1. The Bertz CT molecular complexity index is 695. The van der Waals surface area contributed by atoms with E-state index in [0.717, 1.165) is 53.5 Å². The first-order valence-electron chi connectivity index (χ1n) is 8.23. The van der Waals surface area contributed by atoms with Crippen LogP contribution in [0.3, 0.4) is 0 Å². The summed E-state index contributed by atoms with van der Waals surface area (Å²) in [6, 6.07) is 4.03. The zero-order valence-electron chi connectivity index (χ0n) is 14.7. The van der Waals surface area contributed by atoms with Gasteiger partial charge in [-0.15, -0.1) is 0 Å². The number of aryl methyl sites for hydroxylation is 1. The summed E-state index contributed by atoms with van der Waals surface area (Å²) < 4.78 is 5.45. The molecule has 0 spiro atoms. The fraction of sp³-hybridized carbons (Fsp3) is 0.500. The third-order valence-electron chi connectivity index (χ3n) is 4.45. The van der Waals surface area contributed by atoms with Gasteiger partial charge in [0, 0.05) is 30.7 Å². The van der Waals surface area contributed by atoms with E-state index >= 15 is 0 Å². The molecule has 0 aromatic heterocycles. The van der Waals surface area contributed by atoms with Gasteiger partial charge >= 0.3 is 0 Å². The minimum Gasteiger partial charge on any atom is -0.496 e. The largest absolute Gasteiger partial charge is 0.496 e. The minimum absolute atomic E-state index is 0.376. The highest BCUT2D eigenvalue weighted by molar-refractivity contribution is 7.45. The molecule has 0 aliphatic carbocycles. The molecule has 0 bridgehead atoms. The second kappa shape index (κ2) is 8.61. The number of hydrogen-bond acceptors (Lipinski definition) is 5. The highest BCUT2D eigenvalue weighted by Crippen LogP contribution is 2.32. The number of piperidine rings is 1. The third-order valence-corrected chi connectivity index (χ3v) is 5.29. The smallest absolute Gasteiger partial charge is 0.165 e. The van der Waals surface area contributed by atoms with Crippen LogP contribution in [0.1, 0.15) is 25.3 Å². The summed E-state index contributed by atoms with van der Waals surface area (Å²) in [5.74, 6) is 2.12. The Morgan fingerprint density at radius 3 is 2.62 bits per heavy atom. The lowest BCUT2D eigenvalue weighted by Crippen LogP contribution is -2.38. The molecule has 0 saturated carbocycles.